The first-order valence-electron chi connectivity index (χ1n) is 12.7. The van der Waals surface area contributed by atoms with E-state index in [4.69, 9.17) is 0 Å². The number of piperidine rings is 1. The Morgan fingerprint density at radius 2 is 1.62 bits per heavy atom. The number of sulfonamides is 1. The number of carbonyl (C=O) groups is 1. The van der Waals surface area contributed by atoms with Crippen molar-refractivity contribution in [3.8, 4) is 0 Å². The number of likely N-dealkylation sites (tertiary alicyclic amines) is 1. The van der Waals surface area contributed by atoms with Gasteiger partial charge in [-0.05, 0) is 79.1 Å². The van der Waals surface area contributed by atoms with Crippen LogP contribution >= 0.6 is 11.3 Å². The van der Waals surface area contributed by atoms with Gasteiger partial charge in [0.05, 0.1) is 6.26 Å². The van der Waals surface area contributed by atoms with Crippen molar-refractivity contribution in [2.45, 2.75) is 33.2 Å². The van der Waals surface area contributed by atoms with E-state index in [0.717, 1.165) is 55.4 Å². The normalized spacial score (nSPS) is 14.4. The minimum atomic E-state index is -3.38. The summed E-state index contributed by atoms with van der Waals surface area (Å²) in [6.45, 7) is 8.23. The first-order chi connectivity index (χ1) is 17.8. The summed E-state index contributed by atoms with van der Waals surface area (Å²) in [6, 6.07) is 19.7. The molecule has 0 radical (unpaired) electrons. The van der Waals surface area contributed by atoms with Crippen LogP contribution in [-0.4, -0.2) is 56.6 Å². The van der Waals surface area contributed by atoms with Crippen LogP contribution in [0.5, 0.6) is 0 Å². The summed E-state index contributed by atoms with van der Waals surface area (Å²) in [5.74, 6) is 0.0342. The van der Waals surface area contributed by atoms with E-state index in [-0.39, 0.29) is 5.91 Å². The lowest BCUT2D eigenvalue weighted by molar-refractivity contribution is 0.0773. The molecule has 1 fully saturated rings. The number of hydrogen-bond acceptors (Lipinski definition) is 5. The molecule has 8 heteroatoms. The van der Waals surface area contributed by atoms with Crippen molar-refractivity contribution >= 4 is 38.5 Å². The molecule has 1 aromatic heterocycles. The molecule has 6 nitrogen and oxygen atoms in total. The minimum Gasteiger partial charge on any atom is -0.339 e. The van der Waals surface area contributed by atoms with Gasteiger partial charge in [-0.2, -0.15) is 0 Å². The third kappa shape index (κ3) is 7.09. The van der Waals surface area contributed by atoms with Crippen molar-refractivity contribution in [3.05, 3.63) is 93.2 Å². The van der Waals surface area contributed by atoms with Gasteiger partial charge in [0.2, 0.25) is 10.0 Å². The first kappa shape index (κ1) is 27.1. The van der Waals surface area contributed by atoms with Crippen LogP contribution in [-0.2, 0) is 16.6 Å². The highest BCUT2D eigenvalue weighted by molar-refractivity contribution is 7.92. The molecule has 1 saturated heterocycles. The number of thiophene rings is 1. The number of nitrogens with zero attached hydrogens (tertiary/aromatic N) is 2. The summed E-state index contributed by atoms with van der Waals surface area (Å²) < 4.78 is 26.3. The second-order valence-electron chi connectivity index (χ2n) is 9.34. The van der Waals surface area contributed by atoms with E-state index in [1.54, 1.807) is 17.4 Å². The molecule has 1 N–H and O–H groups in total. The van der Waals surface area contributed by atoms with Crippen LogP contribution in [0.25, 0.3) is 5.57 Å². The summed E-state index contributed by atoms with van der Waals surface area (Å²) in [7, 11) is -3.38. The van der Waals surface area contributed by atoms with Gasteiger partial charge in [-0.3, -0.25) is 14.4 Å². The van der Waals surface area contributed by atoms with Crippen LogP contribution in [0.3, 0.4) is 0 Å². The zero-order valence-electron chi connectivity index (χ0n) is 21.7. The van der Waals surface area contributed by atoms with E-state index in [1.807, 2.05) is 61.2 Å². The maximum Gasteiger partial charge on any atom is 0.253 e. The van der Waals surface area contributed by atoms with Gasteiger partial charge < -0.3 is 4.90 Å². The molecular formula is C29H35N3O3S2. The van der Waals surface area contributed by atoms with Crippen molar-refractivity contribution in [2.75, 3.05) is 37.2 Å². The largest absolute Gasteiger partial charge is 0.339 e. The van der Waals surface area contributed by atoms with Gasteiger partial charge in [0.25, 0.3) is 5.91 Å². The molecule has 196 valence electrons. The van der Waals surface area contributed by atoms with Crippen molar-refractivity contribution in [1.82, 2.24) is 9.80 Å². The monoisotopic (exact) mass is 537 g/mol. The van der Waals surface area contributed by atoms with Crippen LogP contribution < -0.4 is 4.72 Å². The van der Waals surface area contributed by atoms with Crippen molar-refractivity contribution in [3.63, 3.8) is 0 Å². The Morgan fingerprint density at radius 3 is 2.22 bits per heavy atom. The molecule has 1 amide bonds. The molecule has 0 atom stereocenters. The predicted octanol–water partition coefficient (Wildman–Crippen LogP) is 5.70. The van der Waals surface area contributed by atoms with Crippen molar-refractivity contribution in [2.24, 2.45) is 0 Å². The van der Waals surface area contributed by atoms with Crippen LogP contribution in [0.4, 0.5) is 5.69 Å². The molecule has 1 aliphatic rings. The van der Waals surface area contributed by atoms with Gasteiger partial charge in [-0.25, -0.2) is 8.42 Å². The lowest BCUT2D eigenvalue weighted by atomic mass is 9.88. The summed E-state index contributed by atoms with van der Waals surface area (Å²) in [6.07, 6.45) is 3.03. The molecule has 37 heavy (non-hydrogen) atoms. The van der Waals surface area contributed by atoms with E-state index >= 15 is 0 Å². The van der Waals surface area contributed by atoms with E-state index in [0.29, 0.717) is 24.3 Å². The van der Waals surface area contributed by atoms with Crippen molar-refractivity contribution < 1.29 is 13.2 Å². The lowest BCUT2D eigenvalue weighted by Gasteiger charge is -2.30. The maximum atomic E-state index is 12.8. The lowest BCUT2D eigenvalue weighted by Crippen LogP contribution is -2.30. The SMILES string of the molecule is CCN(CC)C(=O)c1ccc(C(=C2CCN(Cc3cccs3)CC2)c2cccc(NS(C)(=O)=O)c2)cc1. The van der Waals surface area contributed by atoms with E-state index in [1.165, 1.54) is 10.5 Å². The quantitative estimate of drug-likeness (QED) is 0.380. The number of nitrogens with one attached hydrogen (secondary N) is 1. The molecule has 2 heterocycles. The van der Waals surface area contributed by atoms with Crippen LogP contribution in [0, 0.1) is 0 Å². The smallest absolute Gasteiger partial charge is 0.253 e. The van der Waals surface area contributed by atoms with Gasteiger partial charge in [-0.15, -0.1) is 11.3 Å². The molecule has 0 unspecified atom stereocenters. The second kappa shape index (κ2) is 12.1. The Bertz CT molecular complexity index is 1330. The molecule has 2 aromatic carbocycles. The van der Waals surface area contributed by atoms with E-state index in [2.05, 4.69) is 27.1 Å². The fraction of sp³-hybridized carbons (Fsp3) is 0.345. The Hall–Kier alpha value is -2.94. The molecule has 1 aliphatic heterocycles. The van der Waals surface area contributed by atoms with E-state index < -0.39 is 10.0 Å². The number of benzene rings is 2. The van der Waals surface area contributed by atoms with Gasteiger partial charge in [0, 0.05) is 48.9 Å². The zero-order chi connectivity index (χ0) is 26.4. The summed E-state index contributed by atoms with van der Waals surface area (Å²) in [5.41, 5.74) is 5.70. The highest BCUT2D eigenvalue weighted by atomic mass is 32.2. The molecule has 0 bridgehead atoms. The number of amides is 1. The van der Waals surface area contributed by atoms with Crippen LogP contribution in [0.1, 0.15) is 53.1 Å². The van der Waals surface area contributed by atoms with Gasteiger partial charge in [-0.1, -0.05) is 35.9 Å². The topological polar surface area (TPSA) is 69.7 Å². The highest BCUT2D eigenvalue weighted by Crippen LogP contribution is 2.34. The number of hydrogen-bond donors (Lipinski definition) is 1. The van der Waals surface area contributed by atoms with Gasteiger partial charge >= 0.3 is 0 Å². The van der Waals surface area contributed by atoms with Crippen LogP contribution in [0.15, 0.2) is 71.6 Å². The zero-order valence-corrected chi connectivity index (χ0v) is 23.4. The number of rotatable bonds is 9. The van der Waals surface area contributed by atoms with Gasteiger partial charge in [0.1, 0.15) is 0 Å². The third-order valence-corrected chi connectivity index (χ3v) is 8.17. The average Bonchev–Trinajstić information content (AvgIpc) is 3.39. The Morgan fingerprint density at radius 1 is 0.946 bits per heavy atom. The predicted molar refractivity (Wildman–Crippen MR) is 153 cm³/mol. The Labute approximate surface area is 224 Å². The fourth-order valence-electron chi connectivity index (χ4n) is 4.85. The Balaban J connectivity index is 1.67. The molecular weight excluding hydrogens is 502 g/mol. The second-order valence-corrected chi connectivity index (χ2v) is 12.1. The summed E-state index contributed by atoms with van der Waals surface area (Å²) in [4.78, 5) is 18.5. The molecule has 4 rings (SSSR count). The highest BCUT2D eigenvalue weighted by Gasteiger charge is 2.21. The summed E-state index contributed by atoms with van der Waals surface area (Å²) in [5, 5.41) is 2.12. The third-order valence-electron chi connectivity index (χ3n) is 6.70. The molecule has 3 aromatic rings. The fourth-order valence-corrected chi connectivity index (χ4v) is 6.16. The Kier molecular flexibility index (Phi) is 8.84. The summed E-state index contributed by atoms with van der Waals surface area (Å²) >= 11 is 1.79. The van der Waals surface area contributed by atoms with E-state index in [9.17, 15) is 13.2 Å². The number of carbonyl (C=O) groups excluding carboxylic acids is 1. The average molecular weight is 538 g/mol. The maximum absolute atomic E-state index is 12.8. The molecule has 0 aliphatic carbocycles. The van der Waals surface area contributed by atoms with Crippen molar-refractivity contribution in [1.29, 1.82) is 0 Å². The number of anilines is 1. The molecule has 0 saturated carbocycles. The first-order valence-corrected chi connectivity index (χ1v) is 15.5. The van der Waals surface area contributed by atoms with Gasteiger partial charge in [0.15, 0.2) is 0 Å². The minimum absolute atomic E-state index is 0.0342. The molecule has 0 spiro atoms. The standard InChI is InChI=1S/C29H35N3O3S2/c1-4-32(5-2)29(33)24-13-11-22(12-14-24)28(25-8-6-9-26(20-25)30-37(3,34)35)23-15-17-31(18-16-23)21-27-10-7-19-36-27/h6-14,19-20,30H,4-5,15-18,21H2,1-3H3. The van der Waals surface area contributed by atoms with Crippen LogP contribution in [0.2, 0.25) is 0 Å².